The van der Waals surface area contributed by atoms with Crippen LogP contribution in [0.3, 0.4) is 0 Å². The largest absolute Gasteiger partial charge is 0.497 e. The van der Waals surface area contributed by atoms with E-state index < -0.39 is 0 Å². The minimum absolute atomic E-state index is 0.0139. The van der Waals surface area contributed by atoms with Gasteiger partial charge in [-0.3, -0.25) is 9.59 Å². The highest BCUT2D eigenvalue weighted by Crippen LogP contribution is 2.33. The molecule has 34 heavy (non-hydrogen) atoms. The highest BCUT2D eigenvalue weighted by Gasteiger charge is 2.22. The summed E-state index contributed by atoms with van der Waals surface area (Å²) in [5, 5.41) is 9.11. The van der Waals surface area contributed by atoms with Gasteiger partial charge in [0.15, 0.2) is 5.75 Å². The molecule has 8 heteroatoms. The van der Waals surface area contributed by atoms with Crippen molar-refractivity contribution in [3.8, 4) is 17.2 Å². The molecule has 0 saturated carbocycles. The van der Waals surface area contributed by atoms with E-state index in [0.717, 1.165) is 11.3 Å². The fourth-order valence-electron chi connectivity index (χ4n) is 3.49. The van der Waals surface area contributed by atoms with Crippen LogP contribution in [0.5, 0.6) is 17.2 Å². The molecular weight excluding hydrogens is 454 g/mol. The lowest BCUT2D eigenvalue weighted by Gasteiger charge is -2.14. The number of ether oxygens (including phenoxy) is 2. The molecule has 0 atom stereocenters. The van der Waals surface area contributed by atoms with Crippen LogP contribution in [-0.4, -0.2) is 36.2 Å². The van der Waals surface area contributed by atoms with E-state index in [2.05, 4.69) is 10.4 Å². The van der Waals surface area contributed by atoms with Crippen LogP contribution in [0.15, 0.2) is 77.9 Å². The van der Waals surface area contributed by atoms with Crippen LogP contribution in [0, 0.1) is 0 Å². The molecule has 1 aliphatic rings. The second-order valence-corrected chi connectivity index (χ2v) is 8.08. The Bertz CT molecular complexity index is 1200. The SMILES string of the molecule is COc1ccc(Oc2ccc(Cl)cc2NC(=O)CCC(=O)N2CCC(c3ccccc3)=N2)cc1. The first kappa shape index (κ1) is 23.3. The van der Waals surface area contributed by atoms with Crippen LogP contribution in [0.25, 0.3) is 0 Å². The maximum Gasteiger partial charge on any atom is 0.243 e. The number of nitrogens with one attached hydrogen (secondary N) is 1. The van der Waals surface area contributed by atoms with E-state index in [9.17, 15) is 9.59 Å². The van der Waals surface area contributed by atoms with Gasteiger partial charge in [-0.05, 0) is 48.0 Å². The van der Waals surface area contributed by atoms with Crippen molar-refractivity contribution in [1.29, 1.82) is 0 Å². The summed E-state index contributed by atoms with van der Waals surface area (Å²) in [5.74, 6) is 1.21. The fourth-order valence-corrected chi connectivity index (χ4v) is 3.66. The number of hydrogen-bond donors (Lipinski definition) is 1. The molecule has 0 spiro atoms. The van der Waals surface area contributed by atoms with Gasteiger partial charge in [-0.2, -0.15) is 5.10 Å². The number of methoxy groups -OCH3 is 1. The molecular formula is C26H24ClN3O4. The quantitative estimate of drug-likeness (QED) is 0.464. The third-order valence-corrected chi connectivity index (χ3v) is 5.50. The van der Waals surface area contributed by atoms with E-state index in [1.54, 1.807) is 49.6 Å². The lowest BCUT2D eigenvalue weighted by molar-refractivity contribution is -0.132. The smallest absolute Gasteiger partial charge is 0.243 e. The number of rotatable bonds is 8. The van der Waals surface area contributed by atoms with Gasteiger partial charge in [-0.1, -0.05) is 41.9 Å². The van der Waals surface area contributed by atoms with Crippen LogP contribution in [-0.2, 0) is 9.59 Å². The molecule has 0 aromatic heterocycles. The normalized spacial score (nSPS) is 12.8. The van der Waals surface area contributed by atoms with Crippen molar-refractivity contribution < 1.29 is 19.1 Å². The summed E-state index contributed by atoms with van der Waals surface area (Å²) in [7, 11) is 1.59. The third-order valence-electron chi connectivity index (χ3n) is 5.27. The number of benzene rings is 3. The summed E-state index contributed by atoms with van der Waals surface area (Å²) in [6, 6.07) is 21.8. The van der Waals surface area contributed by atoms with Crippen LogP contribution < -0.4 is 14.8 Å². The summed E-state index contributed by atoms with van der Waals surface area (Å²) in [4.78, 5) is 25.2. The molecule has 174 valence electrons. The maximum absolute atomic E-state index is 12.6. The Morgan fingerprint density at radius 3 is 2.47 bits per heavy atom. The van der Waals surface area contributed by atoms with Crippen LogP contribution in [0.1, 0.15) is 24.8 Å². The van der Waals surface area contributed by atoms with Crippen LogP contribution in [0.4, 0.5) is 5.69 Å². The topological polar surface area (TPSA) is 80.2 Å². The number of amides is 2. The molecule has 1 aliphatic heterocycles. The maximum atomic E-state index is 12.6. The van der Waals surface area contributed by atoms with E-state index in [0.29, 0.717) is 40.9 Å². The highest BCUT2D eigenvalue weighted by atomic mass is 35.5. The predicted molar refractivity (Wildman–Crippen MR) is 132 cm³/mol. The van der Waals surface area contributed by atoms with Gasteiger partial charge in [0, 0.05) is 24.3 Å². The van der Waals surface area contributed by atoms with Crippen molar-refractivity contribution >= 4 is 34.8 Å². The molecule has 0 fully saturated rings. The number of carbonyl (C=O) groups excluding carboxylic acids is 2. The van der Waals surface area contributed by atoms with E-state index >= 15 is 0 Å². The molecule has 0 saturated heterocycles. The number of halogens is 1. The van der Waals surface area contributed by atoms with Crippen molar-refractivity contribution in [2.45, 2.75) is 19.3 Å². The molecule has 1 N–H and O–H groups in total. The van der Waals surface area contributed by atoms with Crippen molar-refractivity contribution in [1.82, 2.24) is 5.01 Å². The zero-order valence-electron chi connectivity index (χ0n) is 18.7. The van der Waals surface area contributed by atoms with Gasteiger partial charge >= 0.3 is 0 Å². The van der Waals surface area contributed by atoms with Gasteiger partial charge in [-0.15, -0.1) is 0 Å². The van der Waals surface area contributed by atoms with Crippen molar-refractivity contribution in [3.63, 3.8) is 0 Å². The van der Waals surface area contributed by atoms with Crippen LogP contribution in [0.2, 0.25) is 5.02 Å². The van der Waals surface area contributed by atoms with Crippen molar-refractivity contribution in [2.24, 2.45) is 5.10 Å². The summed E-state index contributed by atoms with van der Waals surface area (Å²) in [5.41, 5.74) is 2.30. The molecule has 2 amide bonds. The Balaban J connectivity index is 1.35. The van der Waals surface area contributed by atoms with Crippen molar-refractivity contribution in [3.05, 3.63) is 83.4 Å². The molecule has 3 aromatic carbocycles. The number of hydrogen-bond acceptors (Lipinski definition) is 5. The lowest BCUT2D eigenvalue weighted by Crippen LogP contribution is -2.25. The first-order valence-corrected chi connectivity index (χ1v) is 11.2. The zero-order valence-corrected chi connectivity index (χ0v) is 19.4. The molecule has 0 aliphatic carbocycles. The fraction of sp³-hybridized carbons (Fsp3) is 0.192. The van der Waals surface area contributed by atoms with Crippen molar-refractivity contribution in [2.75, 3.05) is 19.0 Å². The summed E-state index contributed by atoms with van der Waals surface area (Å²) >= 11 is 6.12. The molecule has 4 rings (SSSR count). The van der Waals surface area contributed by atoms with Gasteiger partial charge in [0.2, 0.25) is 11.8 Å². The summed E-state index contributed by atoms with van der Waals surface area (Å²) in [6.07, 6.45) is 0.753. The summed E-state index contributed by atoms with van der Waals surface area (Å²) in [6.45, 7) is 0.513. The predicted octanol–water partition coefficient (Wildman–Crippen LogP) is 5.50. The average molecular weight is 478 g/mol. The zero-order chi connectivity index (χ0) is 23.9. The highest BCUT2D eigenvalue weighted by molar-refractivity contribution is 6.31. The summed E-state index contributed by atoms with van der Waals surface area (Å²) < 4.78 is 11.1. The number of carbonyl (C=O) groups is 2. The van der Waals surface area contributed by atoms with E-state index in [1.807, 2.05) is 30.3 Å². The van der Waals surface area contributed by atoms with Gasteiger partial charge < -0.3 is 14.8 Å². The molecule has 7 nitrogen and oxygen atoms in total. The number of hydrazone groups is 1. The molecule has 0 unspecified atom stereocenters. The minimum atomic E-state index is -0.318. The standard InChI is InChI=1S/C26H24ClN3O4/c1-33-20-8-10-21(11-9-20)34-24-12-7-19(27)17-23(24)28-25(31)13-14-26(32)30-16-15-22(29-30)18-5-3-2-4-6-18/h2-12,17H,13-16H2,1H3,(H,28,31). The Hall–Kier alpha value is -3.84. The first-order chi connectivity index (χ1) is 16.5. The molecule has 0 bridgehead atoms. The second kappa shape index (κ2) is 10.9. The van der Waals surface area contributed by atoms with Gasteiger partial charge in [0.05, 0.1) is 25.1 Å². The molecule has 3 aromatic rings. The van der Waals surface area contributed by atoms with E-state index in [4.69, 9.17) is 21.1 Å². The monoisotopic (exact) mass is 477 g/mol. The van der Waals surface area contributed by atoms with Gasteiger partial charge in [0.1, 0.15) is 11.5 Å². The third kappa shape index (κ3) is 5.94. The van der Waals surface area contributed by atoms with Gasteiger partial charge in [-0.25, -0.2) is 5.01 Å². The number of nitrogens with zero attached hydrogens (tertiary/aromatic N) is 2. The minimum Gasteiger partial charge on any atom is -0.497 e. The first-order valence-electron chi connectivity index (χ1n) is 10.9. The Kier molecular flexibility index (Phi) is 7.44. The van der Waals surface area contributed by atoms with E-state index in [-0.39, 0.29) is 24.7 Å². The Labute approximate surface area is 202 Å². The van der Waals surface area contributed by atoms with Gasteiger partial charge in [0.25, 0.3) is 0 Å². The second-order valence-electron chi connectivity index (χ2n) is 7.65. The average Bonchev–Trinajstić information content (AvgIpc) is 3.36. The van der Waals surface area contributed by atoms with E-state index in [1.165, 1.54) is 5.01 Å². The Morgan fingerprint density at radius 1 is 1.00 bits per heavy atom. The van der Waals surface area contributed by atoms with Crippen LogP contribution >= 0.6 is 11.6 Å². The Morgan fingerprint density at radius 2 is 1.74 bits per heavy atom. The molecule has 1 heterocycles. The molecule has 0 radical (unpaired) electrons. The number of anilines is 1. The lowest BCUT2D eigenvalue weighted by atomic mass is 10.1.